The van der Waals surface area contributed by atoms with Crippen LogP contribution in [0.5, 0.6) is 0 Å². The van der Waals surface area contributed by atoms with Crippen LogP contribution in [0.25, 0.3) is 4.96 Å². The lowest BCUT2D eigenvalue weighted by atomic mass is 10.2. The summed E-state index contributed by atoms with van der Waals surface area (Å²) in [6.45, 7) is 7.37. The molecule has 21 heavy (non-hydrogen) atoms. The van der Waals surface area contributed by atoms with Crippen LogP contribution in [-0.2, 0) is 6.54 Å². The molecule has 5 nitrogen and oxygen atoms in total. The molecular weight excluding hydrogens is 302 g/mol. The van der Waals surface area contributed by atoms with E-state index in [1.54, 1.807) is 11.3 Å². The lowest BCUT2D eigenvalue weighted by molar-refractivity contribution is 0.375. The molecule has 3 heterocycles. The number of hydrogen-bond acceptors (Lipinski definition) is 4. The summed E-state index contributed by atoms with van der Waals surface area (Å²) in [5.41, 5.74) is 1.05. The van der Waals surface area contributed by atoms with Crippen molar-refractivity contribution in [2.75, 3.05) is 25.9 Å². The molecular formula is C14H21N5S2. The fourth-order valence-electron chi connectivity index (χ4n) is 2.56. The van der Waals surface area contributed by atoms with Crippen molar-refractivity contribution in [3.05, 3.63) is 23.5 Å². The molecule has 0 aliphatic carbocycles. The van der Waals surface area contributed by atoms with E-state index in [2.05, 4.69) is 44.6 Å². The summed E-state index contributed by atoms with van der Waals surface area (Å²) in [6, 6.07) is 0. The minimum atomic E-state index is 0.285. The van der Waals surface area contributed by atoms with Gasteiger partial charge < -0.3 is 10.2 Å². The fourth-order valence-corrected chi connectivity index (χ4v) is 4.39. The third kappa shape index (κ3) is 3.35. The highest BCUT2D eigenvalue weighted by molar-refractivity contribution is 8.00. The highest BCUT2D eigenvalue weighted by atomic mass is 32.2. The molecule has 2 aromatic rings. The predicted molar refractivity (Wildman–Crippen MR) is 91.4 cm³/mol. The van der Waals surface area contributed by atoms with Gasteiger partial charge in [-0.2, -0.15) is 11.8 Å². The van der Waals surface area contributed by atoms with Crippen LogP contribution < -0.4 is 5.32 Å². The van der Waals surface area contributed by atoms with E-state index in [0.29, 0.717) is 6.54 Å². The monoisotopic (exact) mass is 323 g/mol. The van der Waals surface area contributed by atoms with Gasteiger partial charge in [-0.3, -0.25) is 9.39 Å². The molecule has 0 radical (unpaired) electrons. The smallest absolute Gasteiger partial charge is 0.194 e. The summed E-state index contributed by atoms with van der Waals surface area (Å²) in [5.74, 6) is 2.12. The summed E-state index contributed by atoms with van der Waals surface area (Å²) in [4.78, 5) is 12.4. The Kier molecular flexibility index (Phi) is 4.12. The molecule has 1 fully saturated rings. The van der Waals surface area contributed by atoms with Crippen molar-refractivity contribution in [3.8, 4) is 0 Å². The van der Waals surface area contributed by atoms with E-state index in [9.17, 15) is 0 Å². The molecule has 1 aliphatic rings. The summed E-state index contributed by atoms with van der Waals surface area (Å²) in [5, 5.41) is 5.49. The van der Waals surface area contributed by atoms with Crippen molar-refractivity contribution in [1.29, 1.82) is 0 Å². The van der Waals surface area contributed by atoms with Crippen molar-refractivity contribution in [1.82, 2.24) is 19.6 Å². The van der Waals surface area contributed by atoms with Crippen molar-refractivity contribution in [3.63, 3.8) is 0 Å². The number of imidazole rings is 1. The Balaban J connectivity index is 1.63. The van der Waals surface area contributed by atoms with Gasteiger partial charge in [0.05, 0.1) is 12.2 Å². The third-order valence-corrected chi connectivity index (χ3v) is 5.58. The molecule has 114 valence electrons. The number of nitrogens with zero attached hydrogens (tertiary/aromatic N) is 4. The third-order valence-electron chi connectivity index (χ3n) is 3.51. The average Bonchev–Trinajstić information content (AvgIpc) is 2.99. The van der Waals surface area contributed by atoms with Gasteiger partial charge in [0.25, 0.3) is 0 Å². The Labute approximate surface area is 133 Å². The molecule has 2 aromatic heterocycles. The van der Waals surface area contributed by atoms with Gasteiger partial charge in [0.15, 0.2) is 10.9 Å². The summed E-state index contributed by atoms with van der Waals surface area (Å²) in [7, 11) is 1.85. The molecule has 0 amide bonds. The minimum Gasteiger partial charge on any atom is -0.351 e. The van der Waals surface area contributed by atoms with Gasteiger partial charge in [0, 0.05) is 48.4 Å². The maximum atomic E-state index is 4.59. The van der Waals surface area contributed by atoms with Gasteiger partial charge in [-0.05, 0) is 13.8 Å². The second-order valence-electron chi connectivity index (χ2n) is 5.76. The van der Waals surface area contributed by atoms with Crippen LogP contribution in [0.2, 0.25) is 0 Å². The van der Waals surface area contributed by atoms with Crippen molar-refractivity contribution >= 4 is 34.0 Å². The van der Waals surface area contributed by atoms with Crippen LogP contribution >= 0.6 is 23.1 Å². The fraction of sp³-hybridized carbons (Fsp3) is 0.571. The van der Waals surface area contributed by atoms with E-state index in [0.717, 1.165) is 35.5 Å². The molecule has 7 heteroatoms. The molecule has 3 rings (SSSR count). The molecule has 1 N–H and O–H groups in total. The first-order valence-corrected chi connectivity index (χ1v) is 8.94. The molecule has 0 saturated carbocycles. The number of guanidine groups is 1. The lowest BCUT2D eigenvalue weighted by Gasteiger charge is -2.39. The van der Waals surface area contributed by atoms with Gasteiger partial charge in [0.2, 0.25) is 0 Å². The number of rotatable bonds is 2. The maximum Gasteiger partial charge on any atom is 0.194 e. The first-order chi connectivity index (χ1) is 10.1. The zero-order chi connectivity index (χ0) is 14.9. The molecule has 0 unspecified atom stereocenters. The minimum absolute atomic E-state index is 0.285. The first kappa shape index (κ1) is 14.7. The second-order valence-corrected chi connectivity index (χ2v) is 8.43. The number of thiazole rings is 1. The Morgan fingerprint density at radius 2 is 2.38 bits per heavy atom. The second kappa shape index (κ2) is 5.88. The van der Waals surface area contributed by atoms with Gasteiger partial charge in [-0.15, -0.1) is 11.3 Å². The maximum absolute atomic E-state index is 4.59. The predicted octanol–water partition coefficient (Wildman–Crippen LogP) is 2.30. The standard InChI is InChI=1S/C14H21N5S2/c1-14(2)10-19(5-7-21-14)12(15-3)16-8-11-9-18-4-6-20-13(18)17-11/h4,6,9H,5,7-8,10H2,1-3H3,(H,15,16). The van der Waals surface area contributed by atoms with Gasteiger partial charge in [0.1, 0.15) is 0 Å². The van der Waals surface area contributed by atoms with E-state index < -0.39 is 0 Å². The van der Waals surface area contributed by atoms with Crippen LogP contribution in [0.15, 0.2) is 22.8 Å². The van der Waals surface area contributed by atoms with E-state index >= 15 is 0 Å². The molecule has 1 saturated heterocycles. The van der Waals surface area contributed by atoms with Crippen molar-refractivity contribution in [2.24, 2.45) is 4.99 Å². The molecule has 0 spiro atoms. The van der Waals surface area contributed by atoms with Crippen LogP contribution in [0.1, 0.15) is 19.5 Å². The summed E-state index contributed by atoms with van der Waals surface area (Å²) < 4.78 is 2.35. The topological polar surface area (TPSA) is 44.9 Å². The van der Waals surface area contributed by atoms with Gasteiger partial charge in [-0.25, -0.2) is 4.98 Å². The highest BCUT2D eigenvalue weighted by Gasteiger charge is 2.28. The number of aromatic nitrogens is 2. The largest absolute Gasteiger partial charge is 0.351 e. The van der Waals surface area contributed by atoms with E-state index in [1.807, 2.05) is 30.4 Å². The van der Waals surface area contributed by atoms with Crippen LogP contribution in [0, 0.1) is 0 Å². The number of fused-ring (bicyclic) bond motifs is 1. The van der Waals surface area contributed by atoms with E-state index in [1.165, 1.54) is 0 Å². The van der Waals surface area contributed by atoms with Crippen LogP contribution in [0.4, 0.5) is 0 Å². The number of hydrogen-bond donors (Lipinski definition) is 1. The average molecular weight is 323 g/mol. The zero-order valence-electron chi connectivity index (χ0n) is 12.7. The molecule has 0 aromatic carbocycles. The number of nitrogens with one attached hydrogen (secondary N) is 1. The van der Waals surface area contributed by atoms with E-state index in [4.69, 9.17) is 0 Å². The Hall–Kier alpha value is -1.21. The number of thioether (sulfide) groups is 1. The first-order valence-electron chi connectivity index (χ1n) is 7.08. The summed E-state index contributed by atoms with van der Waals surface area (Å²) in [6.07, 6.45) is 4.11. The molecule has 0 bridgehead atoms. The van der Waals surface area contributed by atoms with Crippen molar-refractivity contribution < 1.29 is 0 Å². The Morgan fingerprint density at radius 1 is 1.52 bits per heavy atom. The van der Waals surface area contributed by atoms with E-state index in [-0.39, 0.29) is 4.75 Å². The molecule has 0 atom stereocenters. The number of aliphatic imine (C=N–C) groups is 1. The van der Waals surface area contributed by atoms with Crippen LogP contribution in [0.3, 0.4) is 0 Å². The van der Waals surface area contributed by atoms with Crippen LogP contribution in [-0.4, -0.2) is 50.9 Å². The Morgan fingerprint density at radius 3 is 3.10 bits per heavy atom. The van der Waals surface area contributed by atoms with Gasteiger partial charge in [-0.1, -0.05) is 0 Å². The summed E-state index contributed by atoms with van der Waals surface area (Å²) >= 11 is 3.69. The normalized spacial score (nSPS) is 19.2. The van der Waals surface area contributed by atoms with Gasteiger partial charge >= 0.3 is 0 Å². The molecule has 1 aliphatic heterocycles. The SMILES string of the molecule is CN=C(NCc1cn2ccsc2n1)N1CCSC(C)(C)C1. The quantitative estimate of drug-likeness (QED) is 0.680. The van der Waals surface area contributed by atoms with Crippen molar-refractivity contribution in [2.45, 2.75) is 25.1 Å². The lowest BCUT2D eigenvalue weighted by Crippen LogP contribution is -2.50. The zero-order valence-corrected chi connectivity index (χ0v) is 14.3. The highest BCUT2D eigenvalue weighted by Crippen LogP contribution is 2.29. The Bertz CT molecular complexity index is 614.